The summed E-state index contributed by atoms with van der Waals surface area (Å²) in [6.07, 6.45) is 8.46. The third-order valence-corrected chi connectivity index (χ3v) is 1.20. The van der Waals surface area contributed by atoms with E-state index in [2.05, 4.69) is 0 Å². The molecule has 0 N–H and O–H groups in total. The normalized spacial score (nSPS) is 17.6. The second kappa shape index (κ2) is 5.10. The van der Waals surface area contributed by atoms with Crippen molar-refractivity contribution >= 4 is 0 Å². The van der Waals surface area contributed by atoms with Crippen LogP contribution in [0.25, 0.3) is 0 Å². The first-order valence-corrected chi connectivity index (χ1v) is 2.93. The maximum absolute atomic E-state index is 10.5. The van der Waals surface area contributed by atoms with Crippen LogP contribution in [0.15, 0.2) is 24.0 Å². The zero-order valence-corrected chi connectivity index (χ0v) is 7.76. The molecule has 44 valence electrons. The first kappa shape index (κ1) is 9.28. The van der Waals surface area contributed by atoms with Crippen molar-refractivity contribution in [3.63, 3.8) is 0 Å². The van der Waals surface area contributed by atoms with E-state index < -0.39 is 0 Å². The van der Waals surface area contributed by atoms with Gasteiger partial charge in [0, 0.05) is 0 Å². The maximum atomic E-state index is 10.5. The van der Waals surface area contributed by atoms with Crippen molar-refractivity contribution in [1.29, 1.82) is 0 Å². The Labute approximate surface area is 77.8 Å². The van der Waals surface area contributed by atoms with Crippen LogP contribution in [0.4, 0.5) is 0 Å². The number of allylic oxidation sites excluding steroid dienone is 3. The summed E-state index contributed by atoms with van der Waals surface area (Å²) in [4.78, 5) is 0. The molecule has 0 aromatic rings. The first-order chi connectivity index (χ1) is 3.89. The van der Waals surface area contributed by atoms with Crippen LogP contribution in [0, 0.1) is 0 Å². The van der Waals surface area contributed by atoms with E-state index in [0.717, 1.165) is 19.3 Å². The molecule has 1 nitrogen and oxygen atoms in total. The summed E-state index contributed by atoms with van der Waals surface area (Å²) < 4.78 is 0. The van der Waals surface area contributed by atoms with Crippen molar-refractivity contribution in [2.45, 2.75) is 19.3 Å². The second-order valence-corrected chi connectivity index (χ2v) is 1.94. The molecule has 0 saturated carbocycles. The topological polar surface area (TPSA) is 23.1 Å². The average Bonchev–Trinajstić information content (AvgIpc) is 1.94. The van der Waals surface area contributed by atoms with Crippen LogP contribution >= 0.6 is 0 Å². The van der Waals surface area contributed by atoms with Crippen LogP contribution < -0.4 is 34.7 Å². The van der Waals surface area contributed by atoms with Gasteiger partial charge in [0.1, 0.15) is 0 Å². The molecule has 0 aromatic carbocycles. The fraction of sp³-hybridized carbons (Fsp3) is 0.429. The van der Waals surface area contributed by atoms with Gasteiger partial charge in [-0.25, -0.2) is 0 Å². The van der Waals surface area contributed by atoms with E-state index in [9.17, 15) is 5.11 Å². The summed E-state index contributed by atoms with van der Waals surface area (Å²) in [5.41, 5.74) is 0. The maximum Gasteiger partial charge on any atom is 1.00 e. The number of hydrogen-bond acceptors (Lipinski definition) is 1. The van der Waals surface area contributed by atoms with Crippen LogP contribution in [-0.2, 0) is 0 Å². The molecule has 0 atom stereocenters. The summed E-state index contributed by atoms with van der Waals surface area (Å²) in [5.74, 6) is 0.169. The van der Waals surface area contributed by atoms with Gasteiger partial charge in [0.05, 0.1) is 0 Å². The molecule has 2 heteroatoms. The van der Waals surface area contributed by atoms with Crippen molar-refractivity contribution in [3.8, 4) is 0 Å². The Balaban J connectivity index is 0.000000640. The Morgan fingerprint density at radius 3 is 2.89 bits per heavy atom. The van der Waals surface area contributed by atoms with E-state index in [1.165, 1.54) is 0 Å². The minimum Gasteiger partial charge on any atom is -0.873 e. The molecule has 0 bridgehead atoms. The third kappa shape index (κ3) is 3.79. The van der Waals surface area contributed by atoms with Crippen LogP contribution in [-0.4, -0.2) is 0 Å². The van der Waals surface area contributed by atoms with Crippen molar-refractivity contribution in [1.82, 2.24) is 0 Å². The average molecular weight is 132 g/mol. The van der Waals surface area contributed by atoms with Crippen molar-refractivity contribution in [2.75, 3.05) is 0 Å². The van der Waals surface area contributed by atoms with Gasteiger partial charge in [-0.3, -0.25) is 0 Å². The quantitative estimate of drug-likeness (QED) is 0.349. The van der Waals surface area contributed by atoms with Gasteiger partial charge in [0.25, 0.3) is 0 Å². The molecule has 0 unspecified atom stereocenters. The van der Waals surface area contributed by atoms with Crippen molar-refractivity contribution in [3.05, 3.63) is 24.0 Å². The Morgan fingerprint density at radius 1 is 1.33 bits per heavy atom. The Kier molecular flexibility index (Phi) is 5.25. The third-order valence-electron chi connectivity index (χ3n) is 1.20. The fourth-order valence-corrected chi connectivity index (χ4v) is 0.748. The van der Waals surface area contributed by atoms with Gasteiger partial charge in [0.2, 0.25) is 0 Å². The molecule has 0 fully saturated rings. The smallest absolute Gasteiger partial charge is 0.873 e. The van der Waals surface area contributed by atoms with E-state index in [1.807, 2.05) is 6.08 Å². The molecule has 0 amide bonds. The van der Waals surface area contributed by atoms with Crippen LogP contribution in [0.5, 0.6) is 0 Å². The largest absolute Gasteiger partial charge is 1.00 e. The molecule has 0 heterocycles. The molecule has 0 aliphatic heterocycles. The predicted molar refractivity (Wildman–Crippen MR) is 31.1 cm³/mol. The fourth-order valence-electron chi connectivity index (χ4n) is 0.748. The van der Waals surface area contributed by atoms with E-state index >= 15 is 0 Å². The minimum absolute atomic E-state index is 0. The summed E-state index contributed by atoms with van der Waals surface area (Å²) in [6, 6.07) is 0. The van der Waals surface area contributed by atoms with Crippen LogP contribution in [0.1, 0.15) is 19.3 Å². The van der Waals surface area contributed by atoms with E-state index in [1.54, 1.807) is 12.2 Å². The molecule has 0 aromatic heterocycles. The molecule has 0 saturated heterocycles. The molecule has 1 aliphatic rings. The molecule has 0 radical (unpaired) electrons. The van der Waals surface area contributed by atoms with Crippen molar-refractivity contribution < 1.29 is 34.7 Å². The van der Waals surface area contributed by atoms with E-state index in [0.29, 0.717) is 0 Å². The second-order valence-electron chi connectivity index (χ2n) is 1.94. The summed E-state index contributed by atoms with van der Waals surface area (Å²) in [7, 11) is 0. The van der Waals surface area contributed by atoms with Crippen LogP contribution in [0.2, 0.25) is 0 Å². The van der Waals surface area contributed by atoms with Gasteiger partial charge in [0.15, 0.2) is 0 Å². The Bertz CT molecular complexity index is 127. The summed E-state index contributed by atoms with van der Waals surface area (Å²) >= 11 is 0. The molecular formula is C7H9NaO. The Morgan fingerprint density at radius 2 is 2.11 bits per heavy atom. The van der Waals surface area contributed by atoms with E-state index in [-0.39, 0.29) is 35.3 Å². The predicted octanol–water partition coefficient (Wildman–Crippen LogP) is -2.03. The Hall–Kier alpha value is 0.280. The molecule has 1 aliphatic carbocycles. The zero-order chi connectivity index (χ0) is 5.82. The molecule has 1 rings (SSSR count). The minimum atomic E-state index is 0. The molecular weight excluding hydrogens is 123 g/mol. The SMILES string of the molecule is [Na+].[O-]C1=CCCCC=C1. The zero-order valence-electron chi connectivity index (χ0n) is 5.76. The molecule has 0 spiro atoms. The summed E-state index contributed by atoms with van der Waals surface area (Å²) in [6.45, 7) is 0. The van der Waals surface area contributed by atoms with Crippen LogP contribution in [0.3, 0.4) is 0 Å². The van der Waals surface area contributed by atoms with Gasteiger partial charge < -0.3 is 5.11 Å². The van der Waals surface area contributed by atoms with E-state index in [4.69, 9.17) is 0 Å². The standard InChI is InChI=1S/C7H10O.Na/c8-7-5-3-1-2-4-6-7;/h3,5-6,8H,1-2,4H2;/q;+1/p-1. The monoisotopic (exact) mass is 132 g/mol. The number of rotatable bonds is 0. The van der Waals surface area contributed by atoms with Gasteiger partial charge in [-0.1, -0.05) is 18.2 Å². The van der Waals surface area contributed by atoms with Crippen molar-refractivity contribution in [2.24, 2.45) is 0 Å². The van der Waals surface area contributed by atoms with Gasteiger partial charge in [-0.05, 0) is 19.3 Å². The number of hydrogen-bond donors (Lipinski definition) is 0. The summed E-state index contributed by atoms with van der Waals surface area (Å²) in [5, 5.41) is 10.5. The van der Waals surface area contributed by atoms with Gasteiger partial charge in [-0.15, -0.1) is 5.76 Å². The molecule has 9 heavy (non-hydrogen) atoms. The first-order valence-electron chi connectivity index (χ1n) is 2.93. The van der Waals surface area contributed by atoms with Gasteiger partial charge in [-0.2, -0.15) is 0 Å². The van der Waals surface area contributed by atoms with Gasteiger partial charge >= 0.3 is 29.6 Å².